The molecule has 0 N–H and O–H groups in total. The number of hydrogen-bond donors (Lipinski definition) is 0. The molecule has 1 aromatic carbocycles. The molecule has 3 rings (SSSR count). The average molecular weight is 405 g/mol. The maximum absolute atomic E-state index is 12.6. The Morgan fingerprint density at radius 1 is 1.28 bits per heavy atom. The van der Waals surface area contributed by atoms with Crippen molar-refractivity contribution in [2.75, 3.05) is 0 Å². The minimum atomic E-state index is -0.748. The van der Waals surface area contributed by atoms with E-state index in [9.17, 15) is 9.59 Å². The molecule has 0 bridgehead atoms. The van der Waals surface area contributed by atoms with Crippen LogP contribution in [0.1, 0.15) is 26.3 Å². The van der Waals surface area contributed by atoms with Crippen molar-refractivity contribution < 1.29 is 13.9 Å². The van der Waals surface area contributed by atoms with Crippen LogP contribution in [0.2, 0.25) is 0 Å². The first-order valence-electron chi connectivity index (χ1n) is 7.68. The number of fused-ring (bicyclic) bond motifs is 1. The van der Waals surface area contributed by atoms with E-state index in [1.54, 1.807) is 20.8 Å². The van der Waals surface area contributed by atoms with Gasteiger partial charge < -0.3 is 9.15 Å². The van der Waals surface area contributed by atoms with Gasteiger partial charge in [0.15, 0.2) is 11.1 Å². The largest absolute Gasteiger partial charge is 0.443 e. The van der Waals surface area contributed by atoms with Crippen molar-refractivity contribution in [3.63, 3.8) is 0 Å². The fourth-order valence-electron chi connectivity index (χ4n) is 2.33. The Morgan fingerprint density at radius 3 is 2.68 bits per heavy atom. The summed E-state index contributed by atoms with van der Waals surface area (Å²) in [5.41, 5.74) is 0.847. The topological polar surface area (TPSA) is 74.3 Å². The number of ether oxygens (including phenoxy) is 1. The third kappa shape index (κ3) is 3.37. The Kier molecular flexibility index (Phi) is 4.28. The molecule has 25 heavy (non-hydrogen) atoms. The van der Waals surface area contributed by atoms with E-state index in [1.165, 1.54) is 12.3 Å². The molecule has 0 saturated heterocycles. The number of oxazole rings is 1. The molecule has 2 heterocycles. The van der Waals surface area contributed by atoms with Gasteiger partial charge in [-0.25, -0.2) is 14.3 Å². The van der Waals surface area contributed by atoms with Gasteiger partial charge in [-0.15, -0.1) is 0 Å². The molecule has 0 spiro atoms. The molecule has 0 saturated carbocycles. The second kappa shape index (κ2) is 6.15. The van der Waals surface area contributed by atoms with Crippen molar-refractivity contribution in [3.05, 3.63) is 50.9 Å². The van der Waals surface area contributed by atoms with Gasteiger partial charge in [-0.1, -0.05) is 22.0 Å². The van der Waals surface area contributed by atoms with Crippen molar-refractivity contribution >= 4 is 33.1 Å². The van der Waals surface area contributed by atoms with Gasteiger partial charge in [-0.2, -0.15) is 0 Å². The molecule has 130 valence electrons. The highest BCUT2D eigenvalue weighted by Crippen LogP contribution is 2.29. The monoisotopic (exact) mass is 404 g/mol. The normalized spacial score (nSPS) is 11.7. The highest BCUT2D eigenvalue weighted by molar-refractivity contribution is 9.10. The third-order valence-electron chi connectivity index (χ3n) is 3.54. The van der Waals surface area contributed by atoms with Gasteiger partial charge >= 0.3 is 6.09 Å². The first-order valence-corrected chi connectivity index (χ1v) is 8.48. The lowest BCUT2D eigenvalue weighted by molar-refractivity contribution is 0.0531. The summed E-state index contributed by atoms with van der Waals surface area (Å²) in [6.45, 7) is 7.13. The zero-order valence-corrected chi connectivity index (χ0v) is 15.9. The Hall–Kier alpha value is -2.41. The van der Waals surface area contributed by atoms with Gasteiger partial charge in [-0.3, -0.25) is 4.79 Å². The van der Waals surface area contributed by atoms with E-state index in [0.29, 0.717) is 11.5 Å². The van der Waals surface area contributed by atoms with Gasteiger partial charge in [0.25, 0.3) is 5.56 Å². The fraction of sp³-hybridized carbons (Fsp3) is 0.278. The molecule has 6 nitrogen and oxygen atoms in total. The van der Waals surface area contributed by atoms with Crippen LogP contribution in [0.3, 0.4) is 0 Å². The molecule has 0 aliphatic carbocycles. The predicted molar refractivity (Wildman–Crippen MR) is 97.8 cm³/mol. The van der Waals surface area contributed by atoms with E-state index in [-0.39, 0.29) is 5.52 Å². The highest BCUT2D eigenvalue weighted by Gasteiger charge is 2.21. The molecule has 0 unspecified atom stereocenters. The standard InChI is InChI=1S/C18H17BrN2O4/c1-10-11(6-5-7-12(10)19)15-20-14-13(24-15)8-9-21(16(14)22)17(23)25-18(2,3)4/h5-9H,1-4H3. The summed E-state index contributed by atoms with van der Waals surface area (Å²) in [6, 6.07) is 7.17. The molecular weight excluding hydrogens is 388 g/mol. The molecule has 0 fully saturated rings. The van der Waals surface area contributed by atoms with E-state index in [1.807, 2.05) is 25.1 Å². The SMILES string of the molecule is Cc1c(Br)cccc1-c1nc2c(=O)n(C(=O)OC(C)(C)C)ccc2o1. The molecule has 0 radical (unpaired) electrons. The van der Waals surface area contributed by atoms with Gasteiger partial charge in [-0.05, 0) is 45.4 Å². The minimum Gasteiger partial charge on any atom is -0.443 e. The smallest absolute Gasteiger partial charge is 0.421 e. The highest BCUT2D eigenvalue weighted by atomic mass is 79.9. The van der Waals surface area contributed by atoms with Crippen LogP contribution >= 0.6 is 15.9 Å². The number of pyridine rings is 1. The molecule has 0 aliphatic rings. The van der Waals surface area contributed by atoms with Crippen molar-refractivity contribution in [2.24, 2.45) is 0 Å². The molecule has 3 aromatic rings. The third-order valence-corrected chi connectivity index (χ3v) is 4.40. The first-order chi connectivity index (χ1) is 11.7. The van der Waals surface area contributed by atoms with Crippen LogP contribution in [0.15, 0.2) is 44.1 Å². The summed E-state index contributed by atoms with van der Waals surface area (Å²) in [5.74, 6) is 0.327. The van der Waals surface area contributed by atoms with Crippen LogP contribution in [0.5, 0.6) is 0 Å². The van der Waals surface area contributed by atoms with E-state index in [0.717, 1.165) is 20.2 Å². The molecule has 7 heteroatoms. The maximum atomic E-state index is 12.6. The molecular formula is C18H17BrN2O4. The van der Waals surface area contributed by atoms with Crippen LogP contribution < -0.4 is 5.56 Å². The Bertz CT molecular complexity index is 1030. The number of benzene rings is 1. The molecule has 0 aliphatic heterocycles. The fourth-order valence-corrected chi connectivity index (χ4v) is 2.70. The van der Waals surface area contributed by atoms with Crippen LogP contribution in [-0.4, -0.2) is 21.2 Å². The summed E-state index contributed by atoms with van der Waals surface area (Å²) >= 11 is 3.46. The van der Waals surface area contributed by atoms with Gasteiger partial charge in [0.2, 0.25) is 5.89 Å². The number of hydrogen-bond acceptors (Lipinski definition) is 5. The van der Waals surface area contributed by atoms with Crippen molar-refractivity contribution in [3.8, 4) is 11.5 Å². The van der Waals surface area contributed by atoms with Crippen molar-refractivity contribution in [2.45, 2.75) is 33.3 Å². The Morgan fingerprint density at radius 2 is 2.00 bits per heavy atom. The van der Waals surface area contributed by atoms with E-state index < -0.39 is 17.3 Å². The summed E-state index contributed by atoms with van der Waals surface area (Å²) in [5, 5.41) is 0. The summed E-state index contributed by atoms with van der Waals surface area (Å²) in [7, 11) is 0. The van der Waals surface area contributed by atoms with Crippen LogP contribution in [0.25, 0.3) is 22.6 Å². The van der Waals surface area contributed by atoms with Crippen LogP contribution in [0.4, 0.5) is 4.79 Å². The van der Waals surface area contributed by atoms with E-state index in [4.69, 9.17) is 9.15 Å². The average Bonchev–Trinajstić information content (AvgIpc) is 2.93. The number of carbonyl (C=O) groups is 1. The molecule has 0 amide bonds. The summed E-state index contributed by atoms with van der Waals surface area (Å²) < 4.78 is 12.8. The van der Waals surface area contributed by atoms with Crippen LogP contribution in [0, 0.1) is 6.92 Å². The number of nitrogens with zero attached hydrogens (tertiary/aromatic N) is 2. The summed E-state index contributed by atoms with van der Waals surface area (Å²) in [4.78, 5) is 29.1. The van der Waals surface area contributed by atoms with Crippen LogP contribution in [-0.2, 0) is 4.74 Å². The maximum Gasteiger partial charge on any atom is 0.421 e. The van der Waals surface area contributed by atoms with Crippen molar-refractivity contribution in [1.82, 2.24) is 9.55 Å². The minimum absolute atomic E-state index is 0.0859. The summed E-state index contributed by atoms with van der Waals surface area (Å²) in [6.07, 6.45) is 0.587. The second-order valence-electron chi connectivity index (χ2n) is 6.62. The van der Waals surface area contributed by atoms with Gasteiger partial charge in [0.1, 0.15) is 5.60 Å². The second-order valence-corrected chi connectivity index (χ2v) is 7.47. The Labute approximate surface area is 152 Å². The number of rotatable bonds is 1. The van der Waals surface area contributed by atoms with E-state index in [2.05, 4.69) is 20.9 Å². The zero-order chi connectivity index (χ0) is 18.4. The number of carbonyl (C=O) groups excluding carboxylic acids is 1. The predicted octanol–water partition coefficient (Wildman–Crippen LogP) is 4.51. The Balaban J connectivity index is 2.11. The quantitative estimate of drug-likeness (QED) is 0.596. The van der Waals surface area contributed by atoms with E-state index >= 15 is 0 Å². The lowest BCUT2D eigenvalue weighted by Crippen LogP contribution is -2.33. The first kappa shape index (κ1) is 17.4. The van der Waals surface area contributed by atoms with Gasteiger partial charge in [0.05, 0.1) is 0 Å². The van der Waals surface area contributed by atoms with Gasteiger partial charge in [0, 0.05) is 22.3 Å². The lowest BCUT2D eigenvalue weighted by atomic mass is 10.1. The molecule has 2 aromatic heterocycles. The number of aromatic nitrogens is 2. The molecule has 0 atom stereocenters. The number of halogens is 1. The zero-order valence-electron chi connectivity index (χ0n) is 14.3. The van der Waals surface area contributed by atoms with Crippen molar-refractivity contribution in [1.29, 1.82) is 0 Å². The lowest BCUT2D eigenvalue weighted by Gasteiger charge is -2.19.